The number of aliphatic carboxylic acids is 2. The molecule has 27 heavy (non-hydrogen) atoms. The second-order valence-corrected chi connectivity index (χ2v) is 6.38. The van der Waals surface area contributed by atoms with E-state index in [0.29, 0.717) is 0 Å². The van der Waals surface area contributed by atoms with Crippen molar-refractivity contribution in [3.63, 3.8) is 0 Å². The molecule has 0 saturated carbocycles. The molecule has 144 valence electrons. The highest BCUT2D eigenvalue weighted by Gasteiger charge is 2.16. The fourth-order valence-corrected chi connectivity index (χ4v) is 2.94. The van der Waals surface area contributed by atoms with Crippen molar-refractivity contribution < 1.29 is 19.8 Å². The molecule has 0 amide bonds. The van der Waals surface area contributed by atoms with E-state index in [1.807, 2.05) is 0 Å². The summed E-state index contributed by atoms with van der Waals surface area (Å²) < 4.78 is 0. The van der Waals surface area contributed by atoms with Crippen LogP contribution >= 0.6 is 0 Å². The zero-order valence-corrected chi connectivity index (χ0v) is 15.5. The zero-order valence-electron chi connectivity index (χ0n) is 15.5. The molecule has 0 aromatic heterocycles. The highest BCUT2D eigenvalue weighted by molar-refractivity contribution is 6.27. The van der Waals surface area contributed by atoms with Gasteiger partial charge in [0.15, 0.2) is 0 Å². The molecule has 1 aliphatic heterocycles. The van der Waals surface area contributed by atoms with Gasteiger partial charge in [0.1, 0.15) is 0 Å². The molecular weight excluding hydrogens is 344 g/mol. The second kappa shape index (κ2) is 10.3. The third kappa shape index (κ3) is 6.75. The predicted molar refractivity (Wildman–Crippen MR) is 105 cm³/mol. The van der Waals surface area contributed by atoms with E-state index in [-0.39, 0.29) is 0 Å². The molecule has 2 N–H and O–H groups in total. The van der Waals surface area contributed by atoms with Crippen molar-refractivity contribution in [2.45, 2.75) is 19.9 Å². The molecular formula is C21H26N2O4. The van der Waals surface area contributed by atoms with E-state index in [4.69, 9.17) is 19.8 Å². The van der Waals surface area contributed by atoms with Crippen molar-refractivity contribution in [3.8, 4) is 0 Å². The molecule has 6 heteroatoms. The Hall–Kier alpha value is -2.86. The van der Waals surface area contributed by atoms with Gasteiger partial charge in [0.05, 0.1) is 0 Å². The lowest BCUT2D eigenvalue weighted by Crippen LogP contribution is -2.45. The minimum absolute atomic E-state index is 1.08. The van der Waals surface area contributed by atoms with E-state index in [1.165, 1.54) is 16.8 Å². The minimum atomic E-state index is -1.82. The van der Waals surface area contributed by atoms with Crippen molar-refractivity contribution in [1.29, 1.82) is 0 Å². The number of carboxylic acids is 2. The van der Waals surface area contributed by atoms with Crippen LogP contribution < -0.4 is 4.90 Å². The highest BCUT2D eigenvalue weighted by Crippen LogP contribution is 2.17. The highest BCUT2D eigenvalue weighted by atomic mass is 16.4. The lowest BCUT2D eigenvalue weighted by molar-refractivity contribution is -0.159. The average Bonchev–Trinajstić information content (AvgIpc) is 2.70. The number of nitrogens with zero attached hydrogens (tertiary/aromatic N) is 2. The van der Waals surface area contributed by atoms with E-state index in [2.05, 4.69) is 71.3 Å². The maximum absolute atomic E-state index is 9.10. The number of benzene rings is 2. The first-order chi connectivity index (χ1) is 13.0. The maximum Gasteiger partial charge on any atom is 0.414 e. The van der Waals surface area contributed by atoms with E-state index in [0.717, 1.165) is 39.1 Å². The number of rotatable bonds is 4. The predicted octanol–water partition coefficient (Wildman–Crippen LogP) is 2.73. The van der Waals surface area contributed by atoms with Crippen LogP contribution in [0.1, 0.15) is 18.1 Å². The van der Waals surface area contributed by atoms with Crippen LogP contribution in [0.4, 0.5) is 5.69 Å². The summed E-state index contributed by atoms with van der Waals surface area (Å²) in [6.45, 7) is 7.81. The Labute approximate surface area is 159 Å². The minimum Gasteiger partial charge on any atom is -0.473 e. The fourth-order valence-electron chi connectivity index (χ4n) is 2.94. The summed E-state index contributed by atoms with van der Waals surface area (Å²) in [4.78, 5) is 23.2. The standard InChI is InChI=1S/C19H24N2.C2H2O4/c1-2-17-8-10-18(11-9-17)16-20-12-14-21(15-13-20)19-6-4-3-5-7-19;3-1(4)2(5)6/h3-11H,2,12-16H2,1H3;(H,3,4)(H,5,6). The van der Waals surface area contributed by atoms with Gasteiger partial charge in [-0.05, 0) is 29.7 Å². The van der Waals surface area contributed by atoms with Gasteiger partial charge < -0.3 is 15.1 Å². The fraction of sp³-hybridized carbons (Fsp3) is 0.333. The van der Waals surface area contributed by atoms with Crippen LogP contribution in [-0.4, -0.2) is 53.2 Å². The van der Waals surface area contributed by atoms with Crippen LogP contribution in [-0.2, 0) is 22.6 Å². The molecule has 2 aromatic carbocycles. The Morgan fingerprint density at radius 3 is 1.81 bits per heavy atom. The number of carboxylic acid groups (broad SMARTS) is 2. The summed E-state index contributed by atoms with van der Waals surface area (Å²) >= 11 is 0. The lowest BCUT2D eigenvalue weighted by atomic mass is 10.1. The molecule has 0 radical (unpaired) electrons. The third-order valence-corrected chi connectivity index (χ3v) is 4.51. The van der Waals surface area contributed by atoms with Crippen molar-refractivity contribution in [3.05, 3.63) is 65.7 Å². The normalized spacial score (nSPS) is 14.2. The summed E-state index contributed by atoms with van der Waals surface area (Å²) in [5.74, 6) is -3.65. The van der Waals surface area contributed by atoms with Crippen LogP contribution in [0.2, 0.25) is 0 Å². The van der Waals surface area contributed by atoms with E-state index in [1.54, 1.807) is 0 Å². The van der Waals surface area contributed by atoms with E-state index < -0.39 is 11.9 Å². The van der Waals surface area contributed by atoms with Gasteiger partial charge in [-0.3, -0.25) is 4.90 Å². The first-order valence-corrected chi connectivity index (χ1v) is 9.06. The van der Waals surface area contributed by atoms with Crippen molar-refractivity contribution in [2.24, 2.45) is 0 Å². The lowest BCUT2D eigenvalue weighted by Gasteiger charge is -2.36. The van der Waals surface area contributed by atoms with Gasteiger partial charge >= 0.3 is 11.9 Å². The summed E-state index contributed by atoms with van der Waals surface area (Å²) in [6.07, 6.45) is 1.12. The van der Waals surface area contributed by atoms with Gasteiger partial charge in [-0.2, -0.15) is 0 Å². The van der Waals surface area contributed by atoms with Gasteiger partial charge in [-0.25, -0.2) is 9.59 Å². The molecule has 0 spiro atoms. The number of anilines is 1. The van der Waals surface area contributed by atoms with Gasteiger partial charge in [-0.1, -0.05) is 49.4 Å². The van der Waals surface area contributed by atoms with Gasteiger partial charge in [0.2, 0.25) is 0 Å². The molecule has 3 rings (SSSR count). The first-order valence-electron chi connectivity index (χ1n) is 9.06. The zero-order chi connectivity index (χ0) is 19.6. The van der Waals surface area contributed by atoms with E-state index in [9.17, 15) is 0 Å². The summed E-state index contributed by atoms with van der Waals surface area (Å²) in [6, 6.07) is 19.8. The largest absolute Gasteiger partial charge is 0.473 e. The smallest absolute Gasteiger partial charge is 0.414 e. The summed E-state index contributed by atoms with van der Waals surface area (Å²) in [7, 11) is 0. The molecule has 0 atom stereocenters. The molecule has 6 nitrogen and oxygen atoms in total. The number of hydrogen-bond donors (Lipinski definition) is 2. The quantitative estimate of drug-likeness (QED) is 0.806. The average molecular weight is 370 g/mol. The van der Waals surface area contributed by atoms with E-state index >= 15 is 0 Å². The molecule has 0 aliphatic carbocycles. The molecule has 0 bridgehead atoms. The van der Waals surface area contributed by atoms with Crippen LogP contribution in [0.5, 0.6) is 0 Å². The molecule has 1 aliphatic rings. The summed E-state index contributed by atoms with van der Waals surface area (Å²) in [5.41, 5.74) is 4.21. The number of carbonyl (C=O) groups is 2. The van der Waals surface area contributed by atoms with Gasteiger partial charge in [0.25, 0.3) is 0 Å². The van der Waals surface area contributed by atoms with Crippen molar-refractivity contribution >= 4 is 17.6 Å². The summed E-state index contributed by atoms with van der Waals surface area (Å²) in [5, 5.41) is 14.8. The number of aryl methyl sites for hydroxylation is 1. The number of hydrogen-bond acceptors (Lipinski definition) is 4. The Balaban J connectivity index is 0.000000380. The van der Waals surface area contributed by atoms with Crippen LogP contribution in [0, 0.1) is 0 Å². The second-order valence-electron chi connectivity index (χ2n) is 6.38. The van der Waals surface area contributed by atoms with Crippen LogP contribution in [0.3, 0.4) is 0 Å². The SMILES string of the molecule is CCc1ccc(CN2CCN(c3ccccc3)CC2)cc1.O=C(O)C(=O)O. The van der Waals surface area contributed by atoms with Crippen LogP contribution in [0.25, 0.3) is 0 Å². The van der Waals surface area contributed by atoms with Crippen molar-refractivity contribution in [2.75, 3.05) is 31.1 Å². The monoisotopic (exact) mass is 370 g/mol. The molecule has 1 fully saturated rings. The van der Waals surface area contributed by atoms with Crippen molar-refractivity contribution in [1.82, 2.24) is 4.90 Å². The molecule has 2 aromatic rings. The molecule has 1 saturated heterocycles. The molecule has 1 heterocycles. The Morgan fingerprint density at radius 2 is 1.33 bits per heavy atom. The third-order valence-electron chi connectivity index (χ3n) is 4.51. The van der Waals surface area contributed by atoms with Crippen LogP contribution in [0.15, 0.2) is 54.6 Å². The maximum atomic E-state index is 9.10. The van der Waals surface area contributed by atoms with Gasteiger partial charge in [-0.15, -0.1) is 0 Å². The Bertz CT molecular complexity index is 712. The number of para-hydroxylation sites is 1. The Morgan fingerprint density at radius 1 is 0.815 bits per heavy atom. The first kappa shape index (κ1) is 20.5. The number of piperazine rings is 1. The topological polar surface area (TPSA) is 81.1 Å². The molecule has 0 unspecified atom stereocenters. The van der Waals surface area contributed by atoms with Gasteiger partial charge in [0, 0.05) is 38.4 Å². The Kier molecular flexibility index (Phi) is 7.82.